The Morgan fingerprint density at radius 2 is 1.93 bits per heavy atom. The summed E-state index contributed by atoms with van der Waals surface area (Å²) in [5, 5.41) is 8.87. The molecule has 0 radical (unpaired) electrons. The summed E-state index contributed by atoms with van der Waals surface area (Å²) in [6.07, 6.45) is 0.114. The van der Waals surface area contributed by atoms with E-state index in [1.807, 2.05) is 24.3 Å². The molecule has 0 aliphatic carbocycles. The molecule has 0 aliphatic heterocycles. The average Bonchev–Trinajstić information content (AvgIpc) is 2.18. The van der Waals surface area contributed by atoms with Gasteiger partial charge in [0.1, 0.15) is 5.75 Å². The van der Waals surface area contributed by atoms with Gasteiger partial charge in [-0.1, -0.05) is 12.1 Å². The van der Waals surface area contributed by atoms with Crippen molar-refractivity contribution in [2.24, 2.45) is 0 Å². The Labute approximate surface area is 84.3 Å². The molecule has 1 unspecified atom stereocenters. The zero-order valence-electron chi connectivity index (χ0n) is 8.56. The maximum atomic E-state index is 8.87. The van der Waals surface area contributed by atoms with Crippen molar-refractivity contribution in [1.82, 2.24) is 0 Å². The van der Waals surface area contributed by atoms with Gasteiger partial charge in [-0.05, 0) is 31.0 Å². The van der Waals surface area contributed by atoms with Crippen LogP contribution in [0.5, 0.6) is 5.75 Å². The lowest BCUT2D eigenvalue weighted by molar-refractivity contribution is -0.0838. The summed E-state index contributed by atoms with van der Waals surface area (Å²) in [6.45, 7) is 2.14. The molecule has 1 atom stereocenters. The van der Waals surface area contributed by atoms with Gasteiger partial charge in [0.05, 0.1) is 13.7 Å². The Balaban J connectivity index is 2.36. The summed E-state index contributed by atoms with van der Waals surface area (Å²) in [6, 6.07) is 7.81. The molecule has 1 aromatic rings. The van der Waals surface area contributed by atoms with Crippen LogP contribution in [0.3, 0.4) is 0 Å². The molecule has 0 saturated heterocycles. The molecule has 78 valence electrons. The normalized spacial score (nSPS) is 12.5. The molecule has 0 amide bonds. The van der Waals surface area contributed by atoms with E-state index in [1.54, 1.807) is 14.0 Å². The van der Waals surface area contributed by atoms with Gasteiger partial charge in [-0.2, -0.15) is 0 Å². The molecule has 0 heterocycles. The van der Waals surface area contributed by atoms with E-state index in [9.17, 15) is 0 Å². The second kappa shape index (κ2) is 5.62. The molecule has 0 saturated carbocycles. The van der Waals surface area contributed by atoms with Crippen LogP contribution in [-0.2, 0) is 11.2 Å². The Morgan fingerprint density at radius 3 is 2.43 bits per heavy atom. The van der Waals surface area contributed by atoms with Crippen LogP contribution in [0, 0.1) is 0 Å². The van der Waals surface area contributed by atoms with Crippen molar-refractivity contribution in [3.8, 4) is 5.75 Å². The molecular weight excluding hydrogens is 180 g/mol. The van der Waals surface area contributed by atoms with Gasteiger partial charge in [0, 0.05) is 0 Å². The SMILES string of the molecule is COc1ccc(CCOC(C)O)cc1. The van der Waals surface area contributed by atoms with Crippen LogP contribution >= 0.6 is 0 Å². The van der Waals surface area contributed by atoms with E-state index in [0.29, 0.717) is 6.61 Å². The van der Waals surface area contributed by atoms with E-state index in [1.165, 1.54) is 5.56 Å². The van der Waals surface area contributed by atoms with E-state index in [2.05, 4.69) is 0 Å². The van der Waals surface area contributed by atoms with Crippen molar-refractivity contribution >= 4 is 0 Å². The lowest BCUT2D eigenvalue weighted by Crippen LogP contribution is -2.08. The molecule has 0 aliphatic rings. The minimum absolute atomic E-state index is 0.532. The first-order valence-corrected chi connectivity index (χ1v) is 4.65. The van der Waals surface area contributed by atoms with Crippen molar-refractivity contribution < 1.29 is 14.6 Å². The number of ether oxygens (including phenoxy) is 2. The maximum Gasteiger partial charge on any atom is 0.151 e. The fourth-order valence-electron chi connectivity index (χ4n) is 1.14. The van der Waals surface area contributed by atoms with Crippen LogP contribution < -0.4 is 4.74 Å². The molecule has 0 spiro atoms. The minimum Gasteiger partial charge on any atom is -0.497 e. The highest BCUT2D eigenvalue weighted by molar-refractivity contribution is 5.27. The Hall–Kier alpha value is -1.06. The molecule has 1 N–H and O–H groups in total. The molecule has 0 aromatic heterocycles. The van der Waals surface area contributed by atoms with Crippen LogP contribution in [0.1, 0.15) is 12.5 Å². The van der Waals surface area contributed by atoms with Gasteiger partial charge in [0.15, 0.2) is 6.29 Å². The second-order valence-electron chi connectivity index (χ2n) is 3.07. The van der Waals surface area contributed by atoms with Crippen LogP contribution in [0.25, 0.3) is 0 Å². The average molecular weight is 196 g/mol. The summed E-state index contributed by atoms with van der Waals surface area (Å²) in [5.74, 6) is 0.852. The van der Waals surface area contributed by atoms with Gasteiger partial charge in [-0.3, -0.25) is 0 Å². The third kappa shape index (κ3) is 3.77. The van der Waals surface area contributed by atoms with Gasteiger partial charge >= 0.3 is 0 Å². The van der Waals surface area contributed by atoms with Gasteiger partial charge in [-0.15, -0.1) is 0 Å². The molecule has 14 heavy (non-hydrogen) atoms. The number of hydrogen-bond acceptors (Lipinski definition) is 3. The van der Waals surface area contributed by atoms with Crippen LogP contribution in [0.15, 0.2) is 24.3 Å². The van der Waals surface area contributed by atoms with E-state index in [-0.39, 0.29) is 0 Å². The van der Waals surface area contributed by atoms with Gasteiger partial charge in [0.25, 0.3) is 0 Å². The Kier molecular flexibility index (Phi) is 4.43. The number of hydrogen-bond donors (Lipinski definition) is 1. The molecule has 1 rings (SSSR count). The van der Waals surface area contributed by atoms with Crippen molar-refractivity contribution in [3.63, 3.8) is 0 Å². The van der Waals surface area contributed by atoms with Crippen LogP contribution in [0.2, 0.25) is 0 Å². The summed E-state index contributed by atoms with van der Waals surface area (Å²) in [7, 11) is 1.64. The van der Waals surface area contributed by atoms with Crippen molar-refractivity contribution in [2.75, 3.05) is 13.7 Å². The third-order valence-electron chi connectivity index (χ3n) is 1.91. The number of rotatable bonds is 5. The minimum atomic E-state index is -0.687. The smallest absolute Gasteiger partial charge is 0.151 e. The van der Waals surface area contributed by atoms with Gasteiger partial charge in [-0.25, -0.2) is 0 Å². The first-order valence-electron chi connectivity index (χ1n) is 4.65. The molecule has 0 bridgehead atoms. The second-order valence-corrected chi connectivity index (χ2v) is 3.07. The Bertz CT molecular complexity index is 254. The summed E-state index contributed by atoms with van der Waals surface area (Å²) >= 11 is 0. The van der Waals surface area contributed by atoms with Crippen molar-refractivity contribution in [1.29, 1.82) is 0 Å². The van der Waals surface area contributed by atoms with Gasteiger partial charge in [0.2, 0.25) is 0 Å². The lowest BCUT2D eigenvalue weighted by Gasteiger charge is -2.06. The van der Waals surface area contributed by atoms with Gasteiger partial charge < -0.3 is 14.6 Å². The van der Waals surface area contributed by atoms with Crippen molar-refractivity contribution in [2.45, 2.75) is 19.6 Å². The number of benzene rings is 1. The number of aliphatic hydroxyl groups excluding tert-OH is 1. The summed E-state index contributed by atoms with van der Waals surface area (Å²) in [5.41, 5.74) is 1.17. The zero-order valence-corrected chi connectivity index (χ0v) is 8.56. The van der Waals surface area contributed by atoms with E-state index >= 15 is 0 Å². The zero-order chi connectivity index (χ0) is 10.4. The van der Waals surface area contributed by atoms with Crippen molar-refractivity contribution in [3.05, 3.63) is 29.8 Å². The fraction of sp³-hybridized carbons (Fsp3) is 0.455. The molecule has 3 heteroatoms. The predicted octanol–water partition coefficient (Wildman–Crippen LogP) is 1.59. The molecule has 1 aromatic carbocycles. The standard InChI is InChI=1S/C11H16O3/c1-9(12)14-8-7-10-3-5-11(13-2)6-4-10/h3-6,9,12H,7-8H2,1-2H3. The quantitative estimate of drug-likeness (QED) is 0.727. The lowest BCUT2D eigenvalue weighted by atomic mass is 10.1. The number of aliphatic hydroxyl groups is 1. The first kappa shape index (κ1) is 11.0. The van der Waals surface area contributed by atoms with E-state index in [4.69, 9.17) is 14.6 Å². The summed E-state index contributed by atoms with van der Waals surface area (Å²) in [4.78, 5) is 0. The van der Waals surface area contributed by atoms with E-state index in [0.717, 1.165) is 12.2 Å². The third-order valence-corrected chi connectivity index (χ3v) is 1.91. The summed E-state index contributed by atoms with van der Waals surface area (Å²) < 4.78 is 10.1. The molecule has 0 fully saturated rings. The first-order chi connectivity index (χ1) is 6.72. The topological polar surface area (TPSA) is 38.7 Å². The fourth-order valence-corrected chi connectivity index (χ4v) is 1.14. The molecule has 3 nitrogen and oxygen atoms in total. The number of methoxy groups -OCH3 is 1. The largest absolute Gasteiger partial charge is 0.497 e. The van der Waals surface area contributed by atoms with Crippen LogP contribution in [-0.4, -0.2) is 25.1 Å². The monoisotopic (exact) mass is 196 g/mol. The Morgan fingerprint density at radius 1 is 1.29 bits per heavy atom. The van der Waals surface area contributed by atoms with E-state index < -0.39 is 6.29 Å². The maximum absolute atomic E-state index is 8.87. The predicted molar refractivity (Wildman–Crippen MR) is 54.3 cm³/mol. The highest BCUT2D eigenvalue weighted by atomic mass is 16.6. The van der Waals surface area contributed by atoms with Crippen LogP contribution in [0.4, 0.5) is 0 Å². The molecular formula is C11H16O3. The highest BCUT2D eigenvalue weighted by Gasteiger charge is 1.97. The highest BCUT2D eigenvalue weighted by Crippen LogP contribution is 2.11.